The summed E-state index contributed by atoms with van der Waals surface area (Å²) in [7, 11) is 1.51. The molecule has 5 aliphatic heterocycles. The fourth-order valence-electron chi connectivity index (χ4n) is 11.3. The smallest absolute Gasteiger partial charge is 0.254 e. The summed E-state index contributed by atoms with van der Waals surface area (Å²) in [5.41, 5.74) is 4.00. The molecule has 8 aliphatic rings. The maximum atomic E-state index is 14.9. The average Bonchev–Trinajstić information content (AvgIpc) is 4.18. The number of nitrogens with zero attached hydrogens (tertiary/aromatic N) is 2. The largest absolute Gasteiger partial charge is 0.506 e. The Morgan fingerprint density at radius 1 is 1.07 bits per heavy atom. The Morgan fingerprint density at radius 2 is 1.90 bits per heavy atom. The molecule has 0 spiro atoms. The molecular formula is C53H54N3O11+. The zero-order valence-corrected chi connectivity index (χ0v) is 37.3. The number of fused-ring (bicyclic) bond motifs is 5. The molecule has 3 aromatic carbocycles. The zero-order valence-electron chi connectivity index (χ0n) is 37.3. The van der Waals surface area contributed by atoms with E-state index < -0.39 is 48.7 Å². The highest BCUT2D eigenvalue weighted by atomic mass is 16.7. The lowest BCUT2D eigenvalue weighted by Gasteiger charge is -2.47. The van der Waals surface area contributed by atoms with Crippen molar-refractivity contribution in [3.63, 3.8) is 0 Å². The van der Waals surface area contributed by atoms with Gasteiger partial charge in [0.05, 0.1) is 55.2 Å². The van der Waals surface area contributed by atoms with Crippen molar-refractivity contribution in [3.05, 3.63) is 111 Å². The summed E-state index contributed by atoms with van der Waals surface area (Å²) in [6.07, 6.45) is 15.6. The first-order chi connectivity index (χ1) is 32.6. The van der Waals surface area contributed by atoms with Crippen LogP contribution in [-0.2, 0) is 27.2 Å². The molecule has 1 saturated heterocycles. The van der Waals surface area contributed by atoms with Crippen molar-refractivity contribution in [2.45, 2.75) is 113 Å². The maximum absolute atomic E-state index is 14.9. The van der Waals surface area contributed by atoms with Crippen LogP contribution in [0.1, 0.15) is 100 Å². The molecule has 3 fully saturated rings. The second-order valence-corrected chi connectivity index (χ2v) is 18.9. The Balaban J connectivity index is 1.09. The lowest BCUT2D eigenvalue weighted by molar-refractivity contribution is -0.327. The summed E-state index contributed by atoms with van der Waals surface area (Å²) in [4.78, 5) is 35.1. The summed E-state index contributed by atoms with van der Waals surface area (Å²) in [6.45, 7) is -0.674. The number of hydrogen-bond donors (Lipinski definition) is 5. The van der Waals surface area contributed by atoms with E-state index in [0.29, 0.717) is 40.4 Å². The lowest BCUT2D eigenvalue weighted by atomic mass is 9.86. The van der Waals surface area contributed by atoms with Crippen molar-refractivity contribution in [2.75, 3.05) is 33.4 Å². The van der Waals surface area contributed by atoms with Gasteiger partial charge in [0.25, 0.3) is 5.91 Å². The maximum Gasteiger partial charge on any atom is 0.254 e. The molecule has 5 N–H and O–H groups in total. The minimum Gasteiger partial charge on any atom is -0.506 e. The highest BCUT2D eigenvalue weighted by molar-refractivity contribution is 6.11. The highest BCUT2D eigenvalue weighted by Gasteiger charge is 2.59. The number of hydrogen-bond acceptors (Lipinski definition) is 13. The van der Waals surface area contributed by atoms with E-state index in [1.54, 1.807) is 30.5 Å². The minimum absolute atomic E-state index is 0.0335. The first-order valence-electron chi connectivity index (χ1n) is 23.5. The standard InChI is InChI=1S/C53H53N3O11/c1-63-43-22-32-21-36(30-8-2-3-9-30)46-41(58)26-56-25-39-31(10-6-14-34(39)51(56)61)11-7-19-64-50-47(59)44-27-65-42(18-16-35(43)49(45(32)48(46)60)67-52(66-44)53(50,62)28-57)38-24-55-40-17-15-29(20-37(38)40)23-54-33-12-4-5-13-33/h6,10,14-18,20-22,24,30,33,42,44,47,50,52,54,57,59,62H,2-5,8-9,11-13,23,25-28H2,1H3/p+1. The molecule has 11 rings (SSSR count). The molecular weight excluding hydrogens is 855 g/mol. The van der Waals surface area contributed by atoms with Gasteiger partial charge in [-0.05, 0) is 84.0 Å². The first kappa shape index (κ1) is 43.6. The number of methoxy groups -OCH3 is 1. The molecule has 14 heteroatoms. The molecule has 67 heavy (non-hydrogen) atoms. The van der Waals surface area contributed by atoms with Crippen molar-refractivity contribution in [1.82, 2.24) is 10.2 Å². The normalized spacial score (nSPS) is 28.2. The van der Waals surface area contributed by atoms with Gasteiger partial charge in [-0.1, -0.05) is 43.7 Å². The molecule has 14 nitrogen and oxygen atoms in total. The first-order valence-corrected chi connectivity index (χ1v) is 23.5. The van der Waals surface area contributed by atoms with Gasteiger partial charge in [-0.15, -0.1) is 0 Å². The molecule has 6 atom stereocenters. The monoisotopic (exact) mass is 908 g/mol. The van der Waals surface area contributed by atoms with Crippen LogP contribution in [0.15, 0.2) is 76.0 Å². The van der Waals surface area contributed by atoms with Crippen LogP contribution < -0.4 is 14.8 Å². The van der Waals surface area contributed by atoms with E-state index in [4.69, 9.17) is 28.7 Å². The number of amides is 1. The molecule has 8 bridgehead atoms. The predicted molar refractivity (Wildman–Crippen MR) is 248 cm³/mol. The number of phenolic OH excluding ortho intramolecular Hbond substituents is 1. The quantitative estimate of drug-likeness (QED) is 0.148. The van der Waals surface area contributed by atoms with Gasteiger partial charge in [0.2, 0.25) is 6.29 Å². The van der Waals surface area contributed by atoms with E-state index in [1.165, 1.54) is 24.9 Å². The number of carbonyl (C=O) groups is 2. The van der Waals surface area contributed by atoms with Crippen LogP contribution in [0.25, 0.3) is 16.8 Å². The van der Waals surface area contributed by atoms with Crippen LogP contribution in [0.3, 0.4) is 0 Å². The molecule has 5 heterocycles. The Morgan fingerprint density at radius 3 is 2.70 bits per heavy atom. The van der Waals surface area contributed by atoms with Crippen LogP contribution in [0.4, 0.5) is 0 Å². The van der Waals surface area contributed by atoms with Gasteiger partial charge >= 0.3 is 0 Å². The fraction of sp³-hybridized carbons (Fsp3) is 0.434. The summed E-state index contributed by atoms with van der Waals surface area (Å²) in [5, 5.41) is 52.8. The van der Waals surface area contributed by atoms with Crippen LogP contribution in [0.2, 0.25) is 0 Å². The number of aromatic hydroxyl groups is 1. The number of ketones is 1. The molecule has 3 aromatic rings. The Bertz CT molecular complexity index is 2770. The molecule has 6 unspecified atom stereocenters. The van der Waals surface area contributed by atoms with E-state index in [2.05, 4.69) is 29.8 Å². The van der Waals surface area contributed by atoms with Gasteiger partial charge in [-0.2, -0.15) is 4.99 Å². The van der Waals surface area contributed by atoms with Crippen molar-refractivity contribution in [2.24, 2.45) is 4.99 Å². The summed E-state index contributed by atoms with van der Waals surface area (Å²) >= 11 is 0. The van der Waals surface area contributed by atoms with Crippen LogP contribution in [-0.4, -0.2) is 119 Å². The Hall–Kier alpha value is -5.92. The number of aliphatic hydroxyl groups is 3. The third-order valence-electron chi connectivity index (χ3n) is 14.9. The van der Waals surface area contributed by atoms with Crippen LogP contribution in [0.5, 0.6) is 17.2 Å². The van der Waals surface area contributed by atoms with Gasteiger partial charge in [0.1, 0.15) is 47.2 Å². The van der Waals surface area contributed by atoms with Gasteiger partial charge in [-0.3, -0.25) is 9.59 Å². The predicted octanol–water partition coefficient (Wildman–Crippen LogP) is 5.49. The van der Waals surface area contributed by atoms with Crippen molar-refractivity contribution in [3.8, 4) is 29.3 Å². The summed E-state index contributed by atoms with van der Waals surface area (Å²) in [5.74, 6) is 2.11. The van der Waals surface area contributed by atoms with E-state index in [9.17, 15) is 30.0 Å². The number of phenols is 1. The Labute approximate surface area is 388 Å². The number of ether oxygens (including phenoxy) is 5. The number of nitrogens with one attached hydrogen (secondary N) is 1. The van der Waals surface area contributed by atoms with Crippen LogP contribution in [0, 0.1) is 18.4 Å². The number of aliphatic imine (C=N–C) groups is 1. The zero-order chi connectivity index (χ0) is 46.0. The highest BCUT2D eigenvalue weighted by Crippen LogP contribution is 2.50. The number of allylic oxidation sites excluding steroid dienone is 3. The number of Topliss-reactive ketones (excluding diaryl/α,β-unsaturated/α-hetero) is 1. The van der Waals surface area contributed by atoms with Gasteiger partial charge in [0, 0.05) is 55.3 Å². The van der Waals surface area contributed by atoms with E-state index in [1.807, 2.05) is 24.3 Å². The molecule has 2 saturated carbocycles. The molecule has 346 valence electrons. The second kappa shape index (κ2) is 17.6. The Kier molecular flexibility index (Phi) is 11.5. The molecule has 1 amide bonds. The molecule has 0 radical (unpaired) electrons. The van der Waals surface area contributed by atoms with E-state index >= 15 is 0 Å². The summed E-state index contributed by atoms with van der Waals surface area (Å²) in [6, 6.07) is 9.47. The third kappa shape index (κ3) is 7.62. The summed E-state index contributed by atoms with van der Waals surface area (Å²) < 4.78 is 32.1. The van der Waals surface area contributed by atoms with E-state index in [-0.39, 0.29) is 60.4 Å². The number of carbonyl (C=O) groups excluding carboxylic acids is 2. The second-order valence-electron chi connectivity index (χ2n) is 18.9. The van der Waals surface area contributed by atoms with Gasteiger partial charge in [0.15, 0.2) is 23.2 Å². The number of benzene rings is 3. The van der Waals surface area contributed by atoms with Crippen LogP contribution >= 0.6 is 0 Å². The lowest BCUT2D eigenvalue weighted by Crippen LogP contribution is -2.70. The van der Waals surface area contributed by atoms with Crippen molar-refractivity contribution < 1.29 is 53.7 Å². The van der Waals surface area contributed by atoms with Gasteiger partial charge in [-0.25, -0.2) is 0 Å². The topological polar surface area (TPSA) is 189 Å². The minimum atomic E-state index is -2.45. The number of aliphatic hydroxyl groups excluding tert-OH is 2. The molecule has 3 aliphatic carbocycles. The SMILES string of the molecule is COc1cc2cc(C3CCCC3)c3c(O)c2c2c1C=CC(C1=C4[CH+]C(CNC5CCCC5)=CC=C4N=C1)OCC1OC(O2)C(O)(CO)C(OC#CCc2cccc4c2CN(CC3=O)C4=O)C1O. The van der Waals surface area contributed by atoms with Gasteiger partial charge < -0.3 is 54.3 Å². The number of rotatable bonds is 7. The average molecular weight is 909 g/mol. The molecule has 0 aromatic heterocycles. The van der Waals surface area contributed by atoms with Crippen molar-refractivity contribution in [1.29, 1.82) is 0 Å². The van der Waals surface area contributed by atoms with E-state index in [0.717, 1.165) is 72.1 Å². The van der Waals surface area contributed by atoms with Crippen molar-refractivity contribution >= 4 is 34.8 Å². The third-order valence-corrected chi connectivity index (χ3v) is 14.9. The fourth-order valence-corrected chi connectivity index (χ4v) is 11.3.